The number of pyridine rings is 1. The number of nitrogens with zero attached hydrogens (tertiary/aromatic N) is 2. The molecule has 0 aliphatic carbocycles. The van der Waals surface area contributed by atoms with E-state index >= 15 is 0 Å². The summed E-state index contributed by atoms with van der Waals surface area (Å²) in [6.07, 6.45) is 4.85. The predicted molar refractivity (Wildman–Crippen MR) is 64.0 cm³/mol. The Kier molecular flexibility index (Phi) is 2.34. The smallest absolute Gasteiger partial charge is 0.153 e. The van der Waals surface area contributed by atoms with Crippen molar-refractivity contribution in [2.24, 2.45) is 0 Å². The van der Waals surface area contributed by atoms with E-state index in [1.807, 2.05) is 29.8 Å². The van der Waals surface area contributed by atoms with Crippen molar-refractivity contribution in [1.82, 2.24) is 9.38 Å². The van der Waals surface area contributed by atoms with Crippen molar-refractivity contribution in [3.8, 4) is 0 Å². The van der Waals surface area contributed by atoms with Gasteiger partial charge in [0.2, 0.25) is 0 Å². The molecule has 2 aromatic heterocycles. The van der Waals surface area contributed by atoms with Gasteiger partial charge in [0.05, 0.1) is 11.3 Å². The van der Waals surface area contributed by atoms with Gasteiger partial charge in [-0.25, -0.2) is 4.98 Å². The van der Waals surface area contributed by atoms with Crippen molar-refractivity contribution in [3.05, 3.63) is 35.3 Å². The maximum Gasteiger partial charge on any atom is 0.153 e. The molecule has 2 heterocycles. The second kappa shape index (κ2) is 3.44. The van der Waals surface area contributed by atoms with Gasteiger partial charge in [-0.2, -0.15) is 0 Å². The van der Waals surface area contributed by atoms with Crippen molar-refractivity contribution in [3.63, 3.8) is 0 Å². The van der Waals surface area contributed by atoms with Gasteiger partial charge in [0.25, 0.3) is 0 Å². The molecule has 0 aliphatic heterocycles. The topological polar surface area (TPSA) is 34.4 Å². The van der Waals surface area contributed by atoms with E-state index in [0.717, 1.165) is 23.2 Å². The van der Waals surface area contributed by atoms with Crippen LogP contribution in [-0.2, 0) is 5.41 Å². The second-order valence-electron chi connectivity index (χ2n) is 5.20. The molecule has 0 fully saturated rings. The molecule has 16 heavy (non-hydrogen) atoms. The van der Waals surface area contributed by atoms with Crippen LogP contribution in [0.3, 0.4) is 0 Å². The lowest BCUT2D eigenvalue weighted by Crippen LogP contribution is -2.11. The van der Waals surface area contributed by atoms with Crippen molar-refractivity contribution < 1.29 is 4.79 Å². The van der Waals surface area contributed by atoms with Crippen molar-refractivity contribution in [2.75, 3.05) is 0 Å². The Bertz CT molecular complexity index is 547. The minimum Gasteiger partial charge on any atom is -0.306 e. The summed E-state index contributed by atoms with van der Waals surface area (Å²) in [5.41, 5.74) is 3.45. The number of carbonyl (C=O) groups is 1. The van der Waals surface area contributed by atoms with Gasteiger partial charge in [-0.3, -0.25) is 4.79 Å². The van der Waals surface area contributed by atoms with Crippen LogP contribution in [0.25, 0.3) is 5.65 Å². The van der Waals surface area contributed by atoms with E-state index < -0.39 is 0 Å². The summed E-state index contributed by atoms with van der Waals surface area (Å²) >= 11 is 0. The van der Waals surface area contributed by atoms with Crippen LogP contribution in [0.1, 0.15) is 42.4 Å². The van der Waals surface area contributed by atoms with Crippen LogP contribution in [0.2, 0.25) is 0 Å². The van der Waals surface area contributed by atoms with E-state index in [9.17, 15) is 4.79 Å². The molecule has 0 atom stereocenters. The average molecular weight is 216 g/mol. The van der Waals surface area contributed by atoms with Crippen molar-refractivity contribution >= 4 is 11.9 Å². The van der Waals surface area contributed by atoms with E-state index in [2.05, 4.69) is 25.8 Å². The molecule has 0 unspecified atom stereocenters. The fraction of sp³-hybridized carbons (Fsp3) is 0.385. The summed E-state index contributed by atoms with van der Waals surface area (Å²) in [4.78, 5) is 15.5. The number of rotatable bonds is 1. The first-order valence-corrected chi connectivity index (χ1v) is 5.37. The number of hydrogen-bond donors (Lipinski definition) is 0. The van der Waals surface area contributed by atoms with Crippen molar-refractivity contribution in [2.45, 2.75) is 33.1 Å². The molecule has 0 amide bonds. The normalized spacial score (nSPS) is 12.0. The van der Waals surface area contributed by atoms with Gasteiger partial charge >= 0.3 is 0 Å². The molecule has 0 saturated carbocycles. The molecule has 2 rings (SSSR count). The highest BCUT2D eigenvalue weighted by molar-refractivity contribution is 5.84. The summed E-state index contributed by atoms with van der Waals surface area (Å²) in [5, 5.41) is 0. The first kappa shape index (κ1) is 10.9. The second-order valence-corrected chi connectivity index (χ2v) is 5.20. The molecule has 84 valence electrons. The molecule has 0 radical (unpaired) electrons. The Labute approximate surface area is 95.1 Å². The summed E-state index contributed by atoms with van der Waals surface area (Å²) in [6, 6.07) is 1.86. The van der Waals surface area contributed by atoms with Gasteiger partial charge in [-0.05, 0) is 18.6 Å². The van der Waals surface area contributed by atoms with E-state index in [1.165, 1.54) is 0 Å². The molecule has 0 bridgehead atoms. The third kappa shape index (κ3) is 1.73. The molecular weight excluding hydrogens is 200 g/mol. The van der Waals surface area contributed by atoms with Crippen LogP contribution in [0.4, 0.5) is 0 Å². The Morgan fingerprint density at radius 2 is 2.00 bits per heavy atom. The largest absolute Gasteiger partial charge is 0.306 e. The lowest BCUT2D eigenvalue weighted by Gasteiger charge is -2.13. The lowest BCUT2D eigenvalue weighted by molar-refractivity contribution is 0.112. The minimum atomic E-state index is 0.0000784. The molecule has 0 aromatic carbocycles. The van der Waals surface area contributed by atoms with E-state index in [0.29, 0.717) is 5.56 Å². The number of fused-ring (bicyclic) bond motifs is 1. The number of imidazole rings is 1. The van der Waals surface area contributed by atoms with Crippen molar-refractivity contribution in [1.29, 1.82) is 0 Å². The minimum absolute atomic E-state index is 0.0000784. The van der Waals surface area contributed by atoms with E-state index in [4.69, 9.17) is 0 Å². The monoisotopic (exact) mass is 216 g/mol. The third-order valence-corrected chi connectivity index (χ3v) is 2.61. The summed E-state index contributed by atoms with van der Waals surface area (Å²) in [5.74, 6) is 0. The quantitative estimate of drug-likeness (QED) is 0.687. The summed E-state index contributed by atoms with van der Waals surface area (Å²) in [7, 11) is 0. The fourth-order valence-electron chi connectivity index (χ4n) is 1.72. The number of hydrogen-bond acceptors (Lipinski definition) is 2. The Morgan fingerprint density at radius 3 is 2.56 bits per heavy atom. The number of aldehydes is 1. The van der Waals surface area contributed by atoms with Gasteiger partial charge in [-0.15, -0.1) is 0 Å². The number of aromatic nitrogens is 2. The van der Waals surface area contributed by atoms with Gasteiger partial charge in [-0.1, -0.05) is 20.8 Å². The molecule has 0 spiro atoms. The van der Waals surface area contributed by atoms with E-state index in [1.54, 1.807) is 0 Å². The van der Waals surface area contributed by atoms with Crippen LogP contribution in [0, 0.1) is 6.92 Å². The molecule has 0 aliphatic rings. The zero-order valence-electron chi connectivity index (χ0n) is 10.1. The Hall–Kier alpha value is -1.64. The zero-order valence-corrected chi connectivity index (χ0v) is 10.1. The van der Waals surface area contributed by atoms with Crippen LogP contribution in [-0.4, -0.2) is 15.7 Å². The fourth-order valence-corrected chi connectivity index (χ4v) is 1.72. The van der Waals surface area contributed by atoms with Crippen LogP contribution in [0.5, 0.6) is 0 Å². The SMILES string of the molecule is Cc1cc(C=O)c2nc(C(C)(C)C)cn2c1. The first-order chi connectivity index (χ1) is 7.41. The standard InChI is InChI=1S/C13H16N2O/c1-9-5-10(8-16)12-14-11(13(2,3)4)7-15(12)6-9/h5-8H,1-4H3. The Balaban J connectivity index is 2.74. The molecule has 3 nitrogen and oxygen atoms in total. The highest BCUT2D eigenvalue weighted by atomic mass is 16.1. The van der Waals surface area contributed by atoms with Crippen LogP contribution in [0.15, 0.2) is 18.5 Å². The lowest BCUT2D eigenvalue weighted by atomic mass is 9.93. The third-order valence-electron chi connectivity index (χ3n) is 2.61. The van der Waals surface area contributed by atoms with Gasteiger partial charge < -0.3 is 4.40 Å². The van der Waals surface area contributed by atoms with Crippen LogP contribution < -0.4 is 0 Å². The first-order valence-electron chi connectivity index (χ1n) is 5.37. The zero-order chi connectivity index (χ0) is 11.9. The number of carbonyl (C=O) groups excluding carboxylic acids is 1. The molecule has 0 saturated heterocycles. The highest BCUT2D eigenvalue weighted by Gasteiger charge is 2.18. The van der Waals surface area contributed by atoms with Gasteiger partial charge in [0, 0.05) is 17.8 Å². The maximum absolute atomic E-state index is 11.0. The van der Waals surface area contributed by atoms with Crippen LogP contribution >= 0.6 is 0 Å². The highest BCUT2D eigenvalue weighted by Crippen LogP contribution is 2.22. The molecular formula is C13H16N2O. The van der Waals surface area contributed by atoms with Gasteiger partial charge in [0.1, 0.15) is 5.65 Å². The molecule has 0 N–H and O–H groups in total. The molecule has 2 aromatic rings. The summed E-state index contributed by atoms with van der Waals surface area (Å²) in [6.45, 7) is 8.32. The average Bonchev–Trinajstić information content (AvgIpc) is 2.59. The van der Waals surface area contributed by atoms with Gasteiger partial charge in [0.15, 0.2) is 6.29 Å². The maximum atomic E-state index is 11.0. The van der Waals surface area contributed by atoms with E-state index in [-0.39, 0.29) is 5.41 Å². The summed E-state index contributed by atoms with van der Waals surface area (Å²) < 4.78 is 1.93. The Morgan fingerprint density at radius 1 is 1.31 bits per heavy atom. The number of aryl methyl sites for hydroxylation is 1. The molecule has 3 heteroatoms. The predicted octanol–water partition coefficient (Wildman–Crippen LogP) is 2.75.